The number of aromatic carboxylic acids is 1. The summed E-state index contributed by atoms with van der Waals surface area (Å²) in [6.07, 6.45) is 0. The molecule has 1 aliphatic heterocycles. The van der Waals surface area contributed by atoms with Gasteiger partial charge in [0.25, 0.3) is 10.0 Å². The summed E-state index contributed by atoms with van der Waals surface area (Å²) in [6, 6.07) is 9.12. The van der Waals surface area contributed by atoms with E-state index in [-0.39, 0.29) is 28.5 Å². The molecule has 0 saturated carbocycles. The topological polar surface area (TPSA) is 102 Å². The molecule has 24 heavy (non-hydrogen) atoms. The largest absolute Gasteiger partial charge is 0.486 e. The number of sulfonamides is 1. The molecule has 2 aromatic rings. The number of para-hydroxylation sites is 1. The number of hydrogen-bond acceptors (Lipinski definition) is 5. The molecule has 0 amide bonds. The molecule has 0 aliphatic carbocycles. The first-order valence-corrected chi connectivity index (χ1v) is 8.63. The van der Waals surface area contributed by atoms with E-state index in [9.17, 15) is 18.3 Å². The number of benzene rings is 2. The molecule has 1 heterocycles. The van der Waals surface area contributed by atoms with Crippen LogP contribution in [0.25, 0.3) is 0 Å². The van der Waals surface area contributed by atoms with Crippen molar-refractivity contribution in [1.29, 1.82) is 0 Å². The summed E-state index contributed by atoms with van der Waals surface area (Å²) in [4.78, 5) is 11.3. The first kappa shape index (κ1) is 16.1. The lowest BCUT2D eigenvalue weighted by Gasteiger charge is -2.21. The fraction of sp³-hybridized carbons (Fsp3) is 0.188. The van der Waals surface area contributed by atoms with Gasteiger partial charge in [0.05, 0.1) is 11.3 Å². The molecule has 0 unspecified atom stereocenters. The molecule has 0 spiro atoms. The van der Waals surface area contributed by atoms with E-state index in [2.05, 4.69) is 4.72 Å². The number of carboxylic acid groups (broad SMARTS) is 1. The zero-order chi connectivity index (χ0) is 17.3. The fourth-order valence-electron chi connectivity index (χ4n) is 2.50. The molecule has 7 nitrogen and oxygen atoms in total. The van der Waals surface area contributed by atoms with Gasteiger partial charge in [0, 0.05) is 0 Å². The maximum atomic E-state index is 12.7. The van der Waals surface area contributed by atoms with Crippen LogP contribution in [0.3, 0.4) is 0 Å². The van der Waals surface area contributed by atoms with Crippen molar-refractivity contribution in [3.8, 4) is 11.5 Å². The van der Waals surface area contributed by atoms with Crippen molar-refractivity contribution in [3.63, 3.8) is 0 Å². The maximum absolute atomic E-state index is 12.7. The van der Waals surface area contributed by atoms with Crippen LogP contribution in [0, 0.1) is 6.92 Å². The highest BCUT2D eigenvalue weighted by atomic mass is 32.2. The van der Waals surface area contributed by atoms with E-state index in [4.69, 9.17) is 9.47 Å². The maximum Gasteiger partial charge on any atom is 0.338 e. The van der Waals surface area contributed by atoms with Gasteiger partial charge in [-0.15, -0.1) is 0 Å². The highest BCUT2D eigenvalue weighted by molar-refractivity contribution is 7.92. The van der Waals surface area contributed by atoms with Crippen LogP contribution in [0.15, 0.2) is 41.3 Å². The number of fused-ring (bicyclic) bond motifs is 1. The van der Waals surface area contributed by atoms with Crippen molar-refractivity contribution in [2.45, 2.75) is 11.8 Å². The Labute approximate surface area is 138 Å². The minimum Gasteiger partial charge on any atom is -0.486 e. The Morgan fingerprint density at radius 2 is 1.83 bits per heavy atom. The van der Waals surface area contributed by atoms with Crippen molar-refractivity contribution < 1.29 is 27.8 Å². The van der Waals surface area contributed by atoms with Gasteiger partial charge in [-0.3, -0.25) is 4.72 Å². The Balaban J connectivity index is 2.05. The summed E-state index contributed by atoms with van der Waals surface area (Å²) < 4.78 is 38.6. The van der Waals surface area contributed by atoms with Crippen LogP contribution in [0.1, 0.15) is 15.9 Å². The number of aryl methyl sites for hydroxylation is 1. The second-order valence-corrected chi connectivity index (χ2v) is 6.84. The second-order valence-electron chi connectivity index (χ2n) is 5.19. The Morgan fingerprint density at radius 3 is 2.58 bits per heavy atom. The van der Waals surface area contributed by atoms with Crippen LogP contribution in [0.5, 0.6) is 11.5 Å². The van der Waals surface area contributed by atoms with Crippen molar-refractivity contribution in [1.82, 2.24) is 0 Å². The lowest BCUT2D eigenvalue weighted by atomic mass is 10.1. The summed E-state index contributed by atoms with van der Waals surface area (Å²) in [6.45, 7) is 2.18. The van der Waals surface area contributed by atoms with Crippen molar-refractivity contribution in [2.75, 3.05) is 17.9 Å². The summed E-state index contributed by atoms with van der Waals surface area (Å²) in [7, 11) is -4.05. The molecule has 8 heteroatoms. The lowest BCUT2D eigenvalue weighted by Crippen LogP contribution is -2.21. The lowest BCUT2D eigenvalue weighted by molar-refractivity contribution is 0.0697. The summed E-state index contributed by atoms with van der Waals surface area (Å²) in [5.74, 6) is -0.743. The van der Waals surface area contributed by atoms with Crippen LogP contribution in [0.4, 0.5) is 5.69 Å². The summed E-state index contributed by atoms with van der Waals surface area (Å²) in [5, 5.41) is 9.33. The summed E-state index contributed by atoms with van der Waals surface area (Å²) >= 11 is 0. The minimum atomic E-state index is -4.05. The molecular weight excluding hydrogens is 334 g/mol. The number of rotatable bonds is 4. The van der Waals surface area contributed by atoms with Crippen LogP contribution in [-0.2, 0) is 10.0 Å². The third kappa shape index (κ3) is 2.88. The van der Waals surface area contributed by atoms with Gasteiger partial charge in [0.15, 0.2) is 11.5 Å². The third-order valence-corrected chi connectivity index (χ3v) is 4.94. The van der Waals surface area contributed by atoms with E-state index in [1.54, 1.807) is 25.1 Å². The normalized spacial score (nSPS) is 13.4. The monoisotopic (exact) mass is 349 g/mol. The first-order chi connectivity index (χ1) is 11.4. The van der Waals surface area contributed by atoms with E-state index in [1.807, 2.05) is 0 Å². The average Bonchev–Trinajstić information content (AvgIpc) is 2.53. The van der Waals surface area contributed by atoms with E-state index in [1.165, 1.54) is 18.2 Å². The van der Waals surface area contributed by atoms with Crippen molar-refractivity contribution in [2.24, 2.45) is 0 Å². The van der Waals surface area contributed by atoms with Gasteiger partial charge in [-0.2, -0.15) is 0 Å². The number of hydrogen-bond donors (Lipinski definition) is 2. The molecule has 126 valence electrons. The first-order valence-electron chi connectivity index (χ1n) is 7.14. The predicted molar refractivity (Wildman–Crippen MR) is 86.4 cm³/mol. The Morgan fingerprint density at radius 1 is 1.12 bits per heavy atom. The molecule has 0 atom stereocenters. The van der Waals surface area contributed by atoms with Gasteiger partial charge >= 0.3 is 5.97 Å². The quantitative estimate of drug-likeness (QED) is 0.878. The van der Waals surface area contributed by atoms with E-state index < -0.39 is 16.0 Å². The van der Waals surface area contributed by atoms with Crippen LogP contribution in [-0.4, -0.2) is 32.7 Å². The highest BCUT2D eigenvalue weighted by Gasteiger charge is 2.26. The molecular formula is C16H15NO6S. The van der Waals surface area contributed by atoms with E-state index in [0.717, 1.165) is 0 Å². The Kier molecular flexibility index (Phi) is 4.06. The fourth-order valence-corrected chi connectivity index (χ4v) is 3.73. The van der Waals surface area contributed by atoms with Crippen LogP contribution >= 0.6 is 0 Å². The zero-order valence-corrected chi connectivity index (χ0v) is 13.6. The molecule has 2 aromatic carbocycles. The number of carbonyl (C=O) groups is 1. The van der Waals surface area contributed by atoms with Crippen LogP contribution in [0.2, 0.25) is 0 Å². The highest BCUT2D eigenvalue weighted by Crippen LogP contribution is 2.37. The number of carboxylic acids is 1. The van der Waals surface area contributed by atoms with E-state index >= 15 is 0 Å². The molecule has 3 rings (SSSR count). The number of anilines is 1. The second kappa shape index (κ2) is 6.04. The minimum absolute atomic E-state index is 0.00293. The Bertz CT molecular complexity index is 907. The molecule has 0 fully saturated rings. The standard InChI is InChI=1S/C16H15NO6S/c1-10-4-2-5-11(14(10)16(18)19)17-24(20,21)13-7-3-6-12-15(13)23-9-8-22-12/h2-7,17H,8-9H2,1H3,(H,18,19). The van der Waals surface area contributed by atoms with Gasteiger partial charge in [-0.25, -0.2) is 13.2 Å². The third-order valence-electron chi connectivity index (χ3n) is 3.55. The Hall–Kier alpha value is -2.74. The predicted octanol–water partition coefficient (Wildman–Crippen LogP) is 2.27. The van der Waals surface area contributed by atoms with Crippen LogP contribution < -0.4 is 14.2 Å². The molecule has 1 aliphatic rings. The smallest absolute Gasteiger partial charge is 0.338 e. The van der Waals surface area contributed by atoms with Gasteiger partial charge in [-0.1, -0.05) is 18.2 Å². The molecule has 0 bridgehead atoms. The molecule has 0 saturated heterocycles. The molecule has 0 aromatic heterocycles. The average molecular weight is 349 g/mol. The van der Waals surface area contributed by atoms with Gasteiger partial charge in [0.2, 0.25) is 0 Å². The van der Waals surface area contributed by atoms with Gasteiger partial charge in [0.1, 0.15) is 18.1 Å². The zero-order valence-electron chi connectivity index (χ0n) is 12.8. The molecule has 2 N–H and O–H groups in total. The van der Waals surface area contributed by atoms with E-state index in [0.29, 0.717) is 17.9 Å². The van der Waals surface area contributed by atoms with Gasteiger partial charge < -0.3 is 14.6 Å². The van der Waals surface area contributed by atoms with Crippen molar-refractivity contribution >= 4 is 21.7 Å². The molecule has 0 radical (unpaired) electrons. The SMILES string of the molecule is Cc1cccc(NS(=O)(=O)c2cccc3c2OCCO3)c1C(=O)O. The summed E-state index contributed by atoms with van der Waals surface area (Å²) in [5.41, 5.74) is 0.359. The number of nitrogens with one attached hydrogen (secondary N) is 1. The number of ether oxygens (including phenoxy) is 2. The van der Waals surface area contributed by atoms with Crippen molar-refractivity contribution in [3.05, 3.63) is 47.5 Å². The van der Waals surface area contributed by atoms with Gasteiger partial charge in [-0.05, 0) is 30.7 Å².